The number of rotatable bonds is 6. The molecular weight excluding hydrogens is 284 g/mol. The highest BCUT2D eigenvalue weighted by Crippen LogP contribution is 2.22. The van der Waals surface area contributed by atoms with E-state index >= 15 is 0 Å². The van der Waals surface area contributed by atoms with Crippen molar-refractivity contribution in [3.05, 3.63) is 22.8 Å². The quantitative estimate of drug-likeness (QED) is 0.871. The third-order valence-corrected chi connectivity index (χ3v) is 4.31. The highest BCUT2D eigenvalue weighted by Gasteiger charge is 2.21. The van der Waals surface area contributed by atoms with Crippen molar-refractivity contribution in [1.29, 1.82) is 5.26 Å². The number of nitrogens with zero attached hydrogens (tertiary/aromatic N) is 3. The van der Waals surface area contributed by atoms with Crippen LogP contribution in [0.25, 0.3) is 0 Å². The van der Waals surface area contributed by atoms with Crippen molar-refractivity contribution in [1.82, 2.24) is 9.88 Å². The first-order valence-corrected chi connectivity index (χ1v) is 8.16. The summed E-state index contributed by atoms with van der Waals surface area (Å²) in [5.74, 6) is 0.677. The standard InChI is InChI=1S/C16H23ClN4/c1-2-3-7-21-8-5-4-6-14(21)12-20-16-15(17)9-13(10-18)11-19-16/h9,11,14H,2-8,12H2,1H3,(H,19,20). The van der Waals surface area contributed by atoms with E-state index < -0.39 is 0 Å². The summed E-state index contributed by atoms with van der Waals surface area (Å²) in [6.07, 6.45) is 7.88. The van der Waals surface area contributed by atoms with Crippen molar-refractivity contribution < 1.29 is 0 Å². The van der Waals surface area contributed by atoms with Crippen LogP contribution >= 0.6 is 11.6 Å². The van der Waals surface area contributed by atoms with E-state index in [0.717, 1.165) is 6.54 Å². The number of aromatic nitrogens is 1. The zero-order chi connectivity index (χ0) is 15.1. The first-order valence-electron chi connectivity index (χ1n) is 7.78. The number of pyridine rings is 1. The number of unbranched alkanes of at least 4 members (excludes halogenated alkanes) is 1. The van der Waals surface area contributed by atoms with Crippen LogP contribution in [-0.4, -0.2) is 35.6 Å². The van der Waals surface area contributed by atoms with E-state index in [0.29, 0.717) is 22.4 Å². The maximum Gasteiger partial charge on any atom is 0.144 e. The van der Waals surface area contributed by atoms with Crippen molar-refractivity contribution in [3.8, 4) is 6.07 Å². The third-order valence-electron chi connectivity index (χ3n) is 4.02. The molecule has 2 heterocycles. The predicted molar refractivity (Wildman–Crippen MR) is 86.6 cm³/mol. The van der Waals surface area contributed by atoms with Gasteiger partial charge in [0.2, 0.25) is 0 Å². The summed E-state index contributed by atoms with van der Waals surface area (Å²) < 4.78 is 0. The number of hydrogen-bond acceptors (Lipinski definition) is 4. The van der Waals surface area contributed by atoms with E-state index in [-0.39, 0.29) is 0 Å². The molecule has 114 valence electrons. The topological polar surface area (TPSA) is 52.0 Å². The molecule has 1 aliphatic rings. The SMILES string of the molecule is CCCCN1CCCCC1CNc1ncc(C#N)cc1Cl. The second-order valence-corrected chi connectivity index (χ2v) is 5.99. The summed E-state index contributed by atoms with van der Waals surface area (Å²) in [7, 11) is 0. The fraction of sp³-hybridized carbons (Fsp3) is 0.625. The molecule has 0 radical (unpaired) electrons. The first kappa shape index (κ1) is 16.1. The Hall–Kier alpha value is -1.31. The van der Waals surface area contributed by atoms with Crippen molar-refractivity contribution in [2.75, 3.05) is 25.0 Å². The molecule has 1 N–H and O–H groups in total. The summed E-state index contributed by atoms with van der Waals surface area (Å²) in [4.78, 5) is 6.82. The van der Waals surface area contributed by atoms with Gasteiger partial charge >= 0.3 is 0 Å². The molecule has 0 saturated carbocycles. The van der Waals surface area contributed by atoms with E-state index in [1.807, 2.05) is 6.07 Å². The molecule has 1 fully saturated rings. The fourth-order valence-corrected chi connectivity index (χ4v) is 3.02. The predicted octanol–water partition coefficient (Wildman–Crippen LogP) is 3.67. The molecular formula is C16H23ClN4. The van der Waals surface area contributed by atoms with Gasteiger partial charge in [-0.05, 0) is 38.4 Å². The number of anilines is 1. The van der Waals surface area contributed by atoms with Gasteiger partial charge in [0, 0.05) is 18.8 Å². The van der Waals surface area contributed by atoms with Gasteiger partial charge in [-0.2, -0.15) is 5.26 Å². The molecule has 2 rings (SSSR count). The van der Waals surface area contributed by atoms with Crippen LogP contribution in [0.4, 0.5) is 5.82 Å². The molecule has 1 aromatic heterocycles. The molecule has 0 bridgehead atoms. The second kappa shape index (κ2) is 8.21. The lowest BCUT2D eigenvalue weighted by atomic mass is 10.0. The Morgan fingerprint density at radius 2 is 2.38 bits per heavy atom. The fourth-order valence-electron chi connectivity index (χ4n) is 2.79. The van der Waals surface area contributed by atoms with Crippen molar-refractivity contribution in [2.24, 2.45) is 0 Å². The molecule has 1 atom stereocenters. The maximum atomic E-state index is 8.83. The Morgan fingerprint density at radius 3 is 3.10 bits per heavy atom. The lowest BCUT2D eigenvalue weighted by Gasteiger charge is -2.36. The monoisotopic (exact) mass is 306 g/mol. The Labute approximate surface area is 132 Å². The van der Waals surface area contributed by atoms with Crippen molar-refractivity contribution in [3.63, 3.8) is 0 Å². The van der Waals surface area contributed by atoms with E-state index in [2.05, 4.69) is 22.1 Å². The number of halogens is 1. The van der Waals surface area contributed by atoms with Crippen molar-refractivity contribution in [2.45, 2.75) is 45.1 Å². The van der Waals surface area contributed by atoms with Crippen LogP contribution in [-0.2, 0) is 0 Å². The van der Waals surface area contributed by atoms with Gasteiger partial charge in [-0.1, -0.05) is 31.4 Å². The maximum absolute atomic E-state index is 8.83. The molecule has 0 spiro atoms. The zero-order valence-corrected chi connectivity index (χ0v) is 13.4. The van der Waals surface area contributed by atoms with Crippen LogP contribution in [0.1, 0.15) is 44.6 Å². The van der Waals surface area contributed by atoms with Gasteiger partial charge in [-0.25, -0.2) is 4.98 Å². The van der Waals surface area contributed by atoms with Crippen molar-refractivity contribution >= 4 is 17.4 Å². The molecule has 0 aromatic carbocycles. The van der Waals surface area contributed by atoms with E-state index in [9.17, 15) is 0 Å². The van der Waals surface area contributed by atoms with E-state index in [1.165, 1.54) is 45.2 Å². The number of hydrogen-bond donors (Lipinski definition) is 1. The highest BCUT2D eigenvalue weighted by molar-refractivity contribution is 6.33. The number of piperidine rings is 1. The second-order valence-electron chi connectivity index (χ2n) is 5.59. The first-order chi connectivity index (χ1) is 10.2. The van der Waals surface area contributed by atoms with Gasteiger partial charge < -0.3 is 5.32 Å². The van der Waals surface area contributed by atoms with Crippen LogP contribution in [0.2, 0.25) is 5.02 Å². The molecule has 1 saturated heterocycles. The average Bonchev–Trinajstić information content (AvgIpc) is 2.52. The number of likely N-dealkylation sites (tertiary alicyclic amines) is 1. The van der Waals surface area contributed by atoms with Gasteiger partial charge in [-0.3, -0.25) is 4.90 Å². The molecule has 5 heteroatoms. The number of nitriles is 1. The van der Waals surface area contributed by atoms with E-state index in [1.54, 1.807) is 12.3 Å². The van der Waals surface area contributed by atoms with E-state index in [4.69, 9.17) is 16.9 Å². The molecule has 0 amide bonds. The van der Waals surface area contributed by atoms with Gasteiger partial charge in [0.05, 0.1) is 10.6 Å². The average molecular weight is 307 g/mol. The van der Waals surface area contributed by atoms with Gasteiger partial charge in [-0.15, -0.1) is 0 Å². The van der Waals surface area contributed by atoms with Gasteiger partial charge in [0.25, 0.3) is 0 Å². The van der Waals surface area contributed by atoms with Crippen LogP contribution in [0, 0.1) is 11.3 Å². The smallest absolute Gasteiger partial charge is 0.144 e. The van der Waals surface area contributed by atoms with Crippen LogP contribution in [0.15, 0.2) is 12.3 Å². The lowest BCUT2D eigenvalue weighted by molar-refractivity contribution is 0.154. The molecule has 1 unspecified atom stereocenters. The summed E-state index contributed by atoms with van der Waals surface area (Å²) in [6.45, 7) is 5.47. The zero-order valence-electron chi connectivity index (χ0n) is 12.6. The summed E-state index contributed by atoms with van der Waals surface area (Å²) in [5, 5.41) is 12.7. The molecule has 21 heavy (non-hydrogen) atoms. The Balaban J connectivity index is 1.92. The highest BCUT2D eigenvalue weighted by atomic mass is 35.5. The minimum absolute atomic E-state index is 0.493. The largest absolute Gasteiger partial charge is 0.367 e. The molecule has 0 aliphatic carbocycles. The normalized spacial score (nSPS) is 19.2. The summed E-state index contributed by atoms with van der Waals surface area (Å²) in [6, 6.07) is 4.26. The lowest BCUT2D eigenvalue weighted by Crippen LogP contribution is -2.44. The van der Waals surface area contributed by atoms with Crippen LogP contribution in [0.5, 0.6) is 0 Å². The molecule has 1 aliphatic heterocycles. The third kappa shape index (κ3) is 4.59. The summed E-state index contributed by atoms with van der Waals surface area (Å²) >= 11 is 6.16. The van der Waals surface area contributed by atoms with Crippen LogP contribution < -0.4 is 5.32 Å². The summed E-state index contributed by atoms with van der Waals surface area (Å²) in [5.41, 5.74) is 0.493. The van der Waals surface area contributed by atoms with Gasteiger partial charge in [0.1, 0.15) is 11.9 Å². The van der Waals surface area contributed by atoms with Gasteiger partial charge in [0.15, 0.2) is 0 Å². The molecule has 4 nitrogen and oxygen atoms in total. The minimum atomic E-state index is 0.493. The Morgan fingerprint density at radius 1 is 1.52 bits per heavy atom. The molecule has 1 aromatic rings. The van der Waals surface area contributed by atoms with Crippen LogP contribution in [0.3, 0.4) is 0 Å². The number of nitrogens with one attached hydrogen (secondary N) is 1. The Bertz CT molecular complexity index is 498. The minimum Gasteiger partial charge on any atom is -0.367 e. The Kier molecular flexibility index (Phi) is 6.28.